The van der Waals surface area contributed by atoms with E-state index in [1.54, 1.807) is 24.5 Å². The fourth-order valence-corrected chi connectivity index (χ4v) is 4.09. The first-order valence-corrected chi connectivity index (χ1v) is 11.8. The van der Waals surface area contributed by atoms with Crippen LogP contribution in [0.15, 0.2) is 89.9 Å². The second-order valence-corrected chi connectivity index (χ2v) is 8.59. The van der Waals surface area contributed by atoms with Crippen molar-refractivity contribution in [3.8, 4) is 22.8 Å². The molecule has 9 heteroatoms. The largest absolute Gasteiger partial charge is 0.507 e. The number of aromatic hydroxyl groups is 1. The maximum absolute atomic E-state index is 12.4. The quantitative estimate of drug-likeness (QED) is 0.159. The molecule has 0 saturated heterocycles. The van der Waals surface area contributed by atoms with Crippen LogP contribution >= 0.6 is 11.8 Å². The van der Waals surface area contributed by atoms with E-state index in [9.17, 15) is 9.90 Å². The van der Waals surface area contributed by atoms with Crippen molar-refractivity contribution in [1.82, 2.24) is 25.2 Å². The predicted molar refractivity (Wildman–Crippen MR) is 138 cm³/mol. The number of hydrogen-bond donors (Lipinski definition) is 2. The number of thioether (sulfide) groups is 1. The van der Waals surface area contributed by atoms with E-state index in [1.807, 2.05) is 60.0 Å². The van der Waals surface area contributed by atoms with Crippen molar-refractivity contribution in [1.29, 1.82) is 0 Å². The first-order valence-electron chi connectivity index (χ1n) is 10.9. The second-order valence-electron chi connectivity index (χ2n) is 7.64. The van der Waals surface area contributed by atoms with Crippen LogP contribution in [0.2, 0.25) is 0 Å². The summed E-state index contributed by atoms with van der Waals surface area (Å²) in [6.07, 6.45) is 7.07. The lowest BCUT2D eigenvalue weighted by Gasteiger charge is -2.10. The van der Waals surface area contributed by atoms with Crippen LogP contribution in [0.4, 0.5) is 0 Å². The van der Waals surface area contributed by atoms with Crippen LogP contribution in [0.3, 0.4) is 0 Å². The van der Waals surface area contributed by atoms with Crippen LogP contribution < -0.4 is 5.43 Å². The SMILES string of the molecule is C=CCc1cccc(C=NNC(=O)CSc2nnc(-c3ccncc3)n2-c2ccc(C)cc2)c1O. The maximum atomic E-state index is 12.4. The molecule has 1 amide bonds. The molecule has 176 valence electrons. The maximum Gasteiger partial charge on any atom is 0.250 e. The number of hydrazone groups is 1. The average Bonchev–Trinajstić information content (AvgIpc) is 3.30. The number of aryl methyl sites for hydroxylation is 1. The van der Waals surface area contributed by atoms with Gasteiger partial charge in [0.05, 0.1) is 12.0 Å². The number of carbonyl (C=O) groups is 1. The van der Waals surface area contributed by atoms with Crippen molar-refractivity contribution < 1.29 is 9.90 Å². The highest BCUT2D eigenvalue weighted by Crippen LogP contribution is 2.28. The minimum atomic E-state index is -0.308. The Labute approximate surface area is 207 Å². The summed E-state index contributed by atoms with van der Waals surface area (Å²) in [5.74, 6) is 0.554. The topological polar surface area (TPSA) is 105 Å². The number of nitrogens with zero attached hydrogens (tertiary/aromatic N) is 5. The van der Waals surface area contributed by atoms with Gasteiger partial charge in [-0.1, -0.05) is 47.7 Å². The summed E-state index contributed by atoms with van der Waals surface area (Å²) in [5, 5.41) is 23.6. The molecule has 0 fully saturated rings. The summed E-state index contributed by atoms with van der Waals surface area (Å²) in [6, 6.07) is 17.1. The molecule has 0 unspecified atom stereocenters. The van der Waals surface area contributed by atoms with Crippen molar-refractivity contribution in [2.75, 3.05) is 5.75 Å². The van der Waals surface area contributed by atoms with Crippen LogP contribution in [0.1, 0.15) is 16.7 Å². The van der Waals surface area contributed by atoms with Crippen molar-refractivity contribution in [2.45, 2.75) is 18.5 Å². The molecular formula is C26H24N6O2S. The molecule has 2 aromatic heterocycles. The van der Waals surface area contributed by atoms with Crippen LogP contribution in [-0.4, -0.2) is 42.7 Å². The van der Waals surface area contributed by atoms with Crippen LogP contribution in [0, 0.1) is 6.92 Å². The third-order valence-corrected chi connectivity index (χ3v) is 6.03. The third kappa shape index (κ3) is 5.82. The van der Waals surface area contributed by atoms with Crippen molar-refractivity contribution in [3.63, 3.8) is 0 Å². The Morgan fingerprint density at radius 3 is 2.66 bits per heavy atom. The minimum absolute atomic E-state index is 0.0835. The molecule has 35 heavy (non-hydrogen) atoms. The summed E-state index contributed by atoms with van der Waals surface area (Å²) in [5.41, 5.74) is 6.65. The molecular weight excluding hydrogens is 460 g/mol. The summed E-state index contributed by atoms with van der Waals surface area (Å²) in [6.45, 7) is 5.71. The van der Waals surface area contributed by atoms with Gasteiger partial charge in [-0.15, -0.1) is 16.8 Å². The molecule has 0 bridgehead atoms. The van der Waals surface area contributed by atoms with Gasteiger partial charge in [0, 0.05) is 29.2 Å². The van der Waals surface area contributed by atoms with E-state index in [0.717, 1.165) is 22.4 Å². The Bertz CT molecular complexity index is 1350. The van der Waals surface area contributed by atoms with E-state index in [-0.39, 0.29) is 17.4 Å². The normalized spacial score (nSPS) is 11.0. The predicted octanol–water partition coefficient (Wildman–Crippen LogP) is 4.31. The molecule has 2 N–H and O–H groups in total. The highest BCUT2D eigenvalue weighted by Gasteiger charge is 2.17. The minimum Gasteiger partial charge on any atom is -0.507 e. The third-order valence-electron chi connectivity index (χ3n) is 5.10. The van der Waals surface area contributed by atoms with Crippen LogP contribution in [0.5, 0.6) is 5.75 Å². The van der Waals surface area contributed by atoms with Gasteiger partial charge < -0.3 is 5.11 Å². The van der Waals surface area contributed by atoms with Crippen molar-refractivity contribution >= 4 is 23.9 Å². The number of rotatable bonds is 9. The number of phenolic OH excluding ortho intramolecular Hbond substituents is 1. The van der Waals surface area contributed by atoms with E-state index in [1.165, 1.54) is 18.0 Å². The number of amides is 1. The molecule has 4 rings (SSSR count). The molecule has 2 aromatic carbocycles. The number of nitrogens with one attached hydrogen (secondary N) is 1. The number of hydrogen-bond acceptors (Lipinski definition) is 7. The molecule has 2 heterocycles. The Balaban J connectivity index is 1.48. The van der Waals surface area contributed by atoms with Crippen molar-refractivity contribution in [2.24, 2.45) is 5.10 Å². The van der Waals surface area contributed by atoms with E-state index in [4.69, 9.17) is 0 Å². The highest BCUT2D eigenvalue weighted by molar-refractivity contribution is 7.99. The Morgan fingerprint density at radius 2 is 1.91 bits per heavy atom. The lowest BCUT2D eigenvalue weighted by atomic mass is 10.1. The molecule has 0 radical (unpaired) electrons. The fraction of sp³-hybridized carbons (Fsp3) is 0.115. The molecule has 8 nitrogen and oxygen atoms in total. The molecule has 0 aliphatic heterocycles. The Hall–Kier alpha value is -4.24. The van der Waals surface area contributed by atoms with Gasteiger partial charge in [-0.05, 0) is 49.2 Å². The second kappa shape index (κ2) is 11.3. The van der Waals surface area contributed by atoms with Gasteiger partial charge in [0.15, 0.2) is 11.0 Å². The summed E-state index contributed by atoms with van der Waals surface area (Å²) in [7, 11) is 0. The number of pyridine rings is 1. The zero-order chi connectivity index (χ0) is 24.6. The zero-order valence-corrected chi connectivity index (χ0v) is 19.9. The summed E-state index contributed by atoms with van der Waals surface area (Å²) >= 11 is 1.26. The van der Waals surface area contributed by atoms with Gasteiger partial charge in [0.2, 0.25) is 0 Å². The van der Waals surface area contributed by atoms with E-state index in [0.29, 0.717) is 23.0 Å². The number of phenols is 1. The standard InChI is InChI=1S/C26H24N6O2S/c1-3-5-19-6-4-7-21(24(19)34)16-28-29-23(33)17-35-26-31-30-25(20-12-14-27-15-13-20)32(26)22-10-8-18(2)9-11-22/h3-4,6-16,34H,1,5,17H2,2H3,(H,29,33). The molecule has 0 spiro atoms. The van der Waals surface area contributed by atoms with Crippen molar-refractivity contribution in [3.05, 3.63) is 96.3 Å². The average molecular weight is 485 g/mol. The first-order chi connectivity index (χ1) is 17.1. The lowest BCUT2D eigenvalue weighted by molar-refractivity contribution is -0.118. The molecule has 0 atom stereocenters. The zero-order valence-electron chi connectivity index (χ0n) is 19.1. The Morgan fingerprint density at radius 1 is 1.14 bits per heavy atom. The number of carbonyl (C=O) groups excluding carboxylic acids is 1. The molecule has 0 saturated carbocycles. The van der Waals surface area contributed by atoms with Crippen LogP contribution in [-0.2, 0) is 11.2 Å². The smallest absolute Gasteiger partial charge is 0.250 e. The monoisotopic (exact) mass is 484 g/mol. The summed E-state index contributed by atoms with van der Waals surface area (Å²) in [4.78, 5) is 16.5. The number of benzene rings is 2. The van der Waals surface area contributed by atoms with Gasteiger partial charge >= 0.3 is 0 Å². The van der Waals surface area contributed by atoms with Gasteiger partial charge in [0.1, 0.15) is 5.75 Å². The van der Waals surface area contributed by atoms with E-state index in [2.05, 4.69) is 32.3 Å². The molecule has 4 aromatic rings. The number of aromatic nitrogens is 4. The van der Waals surface area contributed by atoms with Gasteiger partial charge in [-0.2, -0.15) is 5.10 Å². The first kappa shape index (κ1) is 23.9. The number of para-hydroxylation sites is 1. The highest BCUT2D eigenvalue weighted by atomic mass is 32.2. The van der Waals surface area contributed by atoms with Crippen LogP contribution in [0.25, 0.3) is 17.1 Å². The van der Waals surface area contributed by atoms with E-state index < -0.39 is 0 Å². The van der Waals surface area contributed by atoms with Gasteiger partial charge in [-0.3, -0.25) is 14.3 Å². The summed E-state index contributed by atoms with van der Waals surface area (Å²) < 4.78 is 1.92. The fourth-order valence-electron chi connectivity index (χ4n) is 3.35. The van der Waals surface area contributed by atoms with E-state index >= 15 is 0 Å². The molecule has 0 aliphatic rings. The van der Waals surface area contributed by atoms with Gasteiger partial charge in [-0.25, -0.2) is 5.43 Å². The van der Waals surface area contributed by atoms with Gasteiger partial charge in [0.25, 0.3) is 5.91 Å². The number of allylic oxidation sites excluding steroid dienone is 1. The Kier molecular flexibility index (Phi) is 7.69. The lowest BCUT2D eigenvalue weighted by Crippen LogP contribution is -2.20. The molecule has 0 aliphatic carbocycles.